The third-order valence-electron chi connectivity index (χ3n) is 2.43. The molecule has 1 rings (SSSR count). The smallest absolute Gasteiger partial charge is 0.321 e. The highest BCUT2D eigenvalue weighted by Crippen LogP contribution is 2.25. The van der Waals surface area contributed by atoms with E-state index < -0.39 is 16.9 Å². The van der Waals surface area contributed by atoms with Gasteiger partial charge < -0.3 is 8.54 Å². The molecule has 0 aromatic heterocycles. The molecule has 1 atom stereocenters. The molecule has 0 N–H and O–H groups in total. The van der Waals surface area contributed by atoms with Crippen LogP contribution in [0.15, 0.2) is 12.3 Å². The Balaban J connectivity index is 2.69. The zero-order valence-electron chi connectivity index (χ0n) is 8.93. The lowest BCUT2D eigenvalue weighted by molar-refractivity contribution is 0.232. The number of hydrogen-bond donors (Lipinski definition) is 0. The standard InChI is InChI=1S/C9H20O2Si2/c1-5-13(4)9-7-6-8-10-12(2,3)11-13/h5H,1,6-9H2,2-4H3. The SMILES string of the molecule is C=C[Si]1(C)CCCCO[Si](C)(C)O1. The van der Waals surface area contributed by atoms with Gasteiger partial charge in [0.05, 0.1) is 0 Å². The van der Waals surface area contributed by atoms with Gasteiger partial charge in [0, 0.05) is 6.61 Å². The molecule has 0 aromatic carbocycles. The Hall–Kier alpha value is 0.0938. The topological polar surface area (TPSA) is 18.5 Å². The zero-order chi connectivity index (χ0) is 9.95. The highest BCUT2D eigenvalue weighted by molar-refractivity contribution is 6.86. The molecule has 4 heteroatoms. The third-order valence-corrected chi connectivity index (χ3v) is 9.37. The van der Waals surface area contributed by atoms with Crippen molar-refractivity contribution in [3.8, 4) is 0 Å². The Labute approximate surface area is 83.3 Å². The molecule has 1 fully saturated rings. The quantitative estimate of drug-likeness (QED) is 0.628. The van der Waals surface area contributed by atoms with Crippen LogP contribution in [0.1, 0.15) is 12.8 Å². The third kappa shape index (κ3) is 3.38. The summed E-state index contributed by atoms with van der Waals surface area (Å²) in [7, 11) is -3.47. The molecule has 0 aromatic rings. The van der Waals surface area contributed by atoms with Crippen LogP contribution in [0.3, 0.4) is 0 Å². The van der Waals surface area contributed by atoms with Gasteiger partial charge in [0.15, 0.2) is 0 Å². The zero-order valence-corrected chi connectivity index (χ0v) is 10.9. The largest absolute Gasteiger partial charge is 0.432 e. The van der Waals surface area contributed by atoms with Gasteiger partial charge >= 0.3 is 8.56 Å². The minimum atomic E-state index is -1.84. The molecule has 0 saturated carbocycles. The monoisotopic (exact) mass is 216 g/mol. The lowest BCUT2D eigenvalue weighted by Gasteiger charge is -2.35. The maximum Gasteiger partial charge on any atom is 0.321 e. The van der Waals surface area contributed by atoms with E-state index in [1.165, 1.54) is 18.9 Å². The van der Waals surface area contributed by atoms with Gasteiger partial charge in [0.1, 0.15) is 0 Å². The maximum absolute atomic E-state index is 6.15. The summed E-state index contributed by atoms with van der Waals surface area (Å²) >= 11 is 0. The normalized spacial score (nSPS) is 34.7. The second kappa shape index (κ2) is 4.08. The van der Waals surface area contributed by atoms with Crippen LogP contribution >= 0.6 is 0 Å². The van der Waals surface area contributed by atoms with Gasteiger partial charge in [-0.3, -0.25) is 0 Å². The van der Waals surface area contributed by atoms with Crippen molar-refractivity contribution in [3.63, 3.8) is 0 Å². The Morgan fingerprint density at radius 1 is 1.23 bits per heavy atom. The van der Waals surface area contributed by atoms with Crippen molar-refractivity contribution < 1.29 is 8.54 Å². The predicted molar refractivity (Wildman–Crippen MR) is 60.4 cm³/mol. The van der Waals surface area contributed by atoms with E-state index in [0.29, 0.717) is 0 Å². The fraction of sp³-hybridized carbons (Fsp3) is 0.778. The molecule has 1 unspecified atom stereocenters. The van der Waals surface area contributed by atoms with E-state index >= 15 is 0 Å². The second-order valence-electron chi connectivity index (χ2n) is 4.32. The van der Waals surface area contributed by atoms with E-state index in [1.807, 2.05) is 0 Å². The molecule has 13 heavy (non-hydrogen) atoms. The van der Waals surface area contributed by atoms with E-state index in [-0.39, 0.29) is 0 Å². The van der Waals surface area contributed by atoms with Crippen LogP contribution in [0, 0.1) is 0 Å². The summed E-state index contributed by atoms with van der Waals surface area (Å²) in [5, 5.41) is 0. The average molecular weight is 216 g/mol. The Kier molecular flexibility index (Phi) is 3.51. The van der Waals surface area contributed by atoms with Crippen LogP contribution in [0.5, 0.6) is 0 Å². The van der Waals surface area contributed by atoms with Crippen LogP contribution in [0.2, 0.25) is 25.7 Å². The predicted octanol–water partition coefficient (Wildman–Crippen LogP) is 2.82. The van der Waals surface area contributed by atoms with E-state index in [1.54, 1.807) is 0 Å². The first-order valence-electron chi connectivity index (χ1n) is 4.95. The van der Waals surface area contributed by atoms with Gasteiger partial charge in [-0.05, 0) is 32.1 Å². The molecular weight excluding hydrogens is 196 g/mol. The molecule has 0 radical (unpaired) electrons. The van der Waals surface area contributed by atoms with Gasteiger partial charge in [-0.25, -0.2) is 0 Å². The van der Waals surface area contributed by atoms with Crippen LogP contribution in [0.25, 0.3) is 0 Å². The van der Waals surface area contributed by atoms with Gasteiger partial charge in [-0.2, -0.15) is 0 Å². The molecular formula is C9H20O2Si2. The maximum atomic E-state index is 6.15. The molecule has 1 heterocycles. The fourth-order valence-corrected chi connectivity index (χ4v) is 8.94. The van der Waals surface area contributed by atoms with E-state index in [9.17, 15) is 0 Å². The van der Waals surface area contributed by atoms with Crippen LogP contribution in [-0.4, -0.2) is 23.5 Å². The van der Waals surface area contributed by atoms with Crippen molar-refractivity contribution in [2.45, 2.75) is 38.5 Å². The Bertz CT molecular complexity index is 194. The van der Waals surface area contributed by atoms with Crippen molar-refractivity contribution in [1.82, 2.24) is 0 Å². The fourth-order valence-electron chi connectivity index (χ4n) is 1.68. The van der Waals surface area contributed by atoms with E-state index in [4.69, 9.17) is 8.54 Å². The van der Waals surface area contributed by atoms with Crippen LogP contribution in [-0.2, 0) is 8.54 Å². The van der Waals surface area contributed by atoms with Crippen molar-refractivity contribution in [2.24, 2.45) is 0 Å². The summed E-state index contributed by atoms with van der Waals surface area (Å²) in [6.07, 6.45) is 2.40. The molecule has 1 aliphatic heterocycles. The molecule has 1 aliphatic rings. The first kappa shape index (κ1) is 11.2. The van der Waals surface area contributed by atoms with E-state index in [2.05, 4.69) is 31.9 Å². The van der Waals surface area contributed by atoms with Crippen molar-refractivity contribution in [1.29, 1.82) is 0 Å². The highest BCUT2D eigenvalue weighted by atomic mass is 28.4. The summed E-state index contributed by atoms with van der Waals surface area (Å²) in [6, 6.07) is 1.20. The van der Waals surface area contributed by atoms with Crippen LogP contribution in [0.4, 0.5) is 0 Å². The minimum absolute atomic E-state index is 0.876. The lowest BCUT2D eigenvalue weighted by Crippen LogP contribution is -2.48. The van der Waals surface area contributed by atoms with Gasteiger partial charge in [-0.1, -0.05) is 12.1 Å². The highest BCUT2D eigenvalue weighted by Gasteiger charge is 2.36. The first-order valence-corrected chi connectivity index (χ1v) is 10.5. The Morgan fingerprint density at radius 2 is 1.92 bits per heavy atom. The van der Waals surface area contributed by atoms with Crippen molar-refractivity contribution in [2.75, 3.05) is 6.61 Å². The molecule has 0 amide bonds. The summed E-state index contributed by atoms with van der Waals surface area (Å²) in [4.78, 5) is 0. The minimum Gasteiger partial charge on any atom is -0.432 e. The molecule has 0 spiro atoms. The van der Waals surface area contributed by atoms with Crippen LogP contribution < -0.4 is 0 Å². The first-order chi connectivity index (χ1) is 5.97. The molecule has 0 aliphatic carbocycles. The van der Waals surface area contributed by atoms with Gasteiger partial charge in [0.25, 0.3) is 0 Å². The molecule has 2 nitrogen and oxygen atoms in total. The summed E-state index contributed by atoms with van der Waals surface area (Å²) in [6.45, 7) is 11.3. The lowest BCUT2D eigenvalue weighted by atomic mass is 10.4. The van der Waals surface area contributed by atoms with E-state index in [0.717, 1.165) is 6.61 Å². The Morgan fingerprint density at radius 3 is 2.54 bits per heavy atom. The molecule has 76 valence electrons. The van der Waals surface area contributed by atoms with Crippen molar-refractivity contribution >= 4 is 16.9 Å². The van der Waals surface area contributed by atoms with Gasteiger partial charge in [-0.15, -0.1) is 6.58 Å². The summed E-state index contributed by atoms with van der Waals surface area (Å²) in [5.74, 6) is 0. The van der Waals surface area contributed by atoms with Gasteiger partial charge in [0.2, 0.25) is 8.32 Å². The second-order valence-corrected chi connectivity index (χ2v) is 11.8. The molecule has 1 saturated heterocycles. The number of hydrogen-bond acceptors (Lipinski definition) is 2. The van der Waals surface area contributed by atoms with Crippen molar-refractivity contribution in [3.05, 3.63) is 12.3 Å². The summed E-state index contributed by atoms with van der Waals surface area (Å²) in [5.41, 5.74) is 2.05. The summed E-state index contributed by atoms with van der Waals surface area (Å²) < 4.78 is 11.9. The number of rotatable bonds is 1. The molecule has 0 bridgehead atoms. The average Bonchev–Trinajstić information content (AvgIpc) is 2.00.